The molecule has 0 aliphatic heterocycles. The van der Waals surface area contributed by atoms with Crippen molar-refractivity contribution < 1.29 is 5.11 Å². The molecule has 5 rings (SSSR count). The van der Waals surface area contributed by atoms with Gasteiger partial charge in [-0.05, 0) is 36.5 Å². The van der Waals surface area contributed by atoms with Gasteiger partial charge in [0.2, 0.25) is 0 Å². The van der Waals surface area contributed by atoms with E-state index < -0.39 is 0 Å². The number of nitrogens with zero attached hydrogens (tertiary/aromatic N) is 5. The Morgan fingerprint density at radius 1 is 1.34 bits per heavy atom. The molecular weight excluding hydrogens is 368 g/mol. The lowest BCUT2D eigenvalue weighted by Gasteiger charge is -2.46. The van der Waals surface area contributed by atoms with Gasteiger partial charge >= 0.3 is 0 Å². The molecule has 3 aromatic heterocycles. The van der Waals surface area contributed by atoms with Crippen LogP contribution in [-0.4, -0.2) is 34.6 Å². The number of hydrogen-bond donors (Lipinski definition) is 2. The van der Waals surface area contributed by atoms with E-state index in [1.54, 1.807) is 23.3 Å². The van der Waals surface area contributed by atoms with Crippen LogP contribution < -0.4 is 5.56 Å². The molecule has 0 radical (unpaired) electrons. The molecule has 0 spiro atoms. The topological polar surface area (TPSA) is 102 Å². The molecule has 8 heteroatoms. The van der Waals surface area contributed by atoms with E-state index in [1.165, 1.54) is 0 Å². The van der Waals surface area contributed by atoms with E-state index in [0.717, 1.165) is 29.9 Å². The molecule has 148 valence electrons. The van der Waals surface area contributed by atoms with Crippen LogP contribution in [0, 0.1) is 5.92 Å². The van der Waals surface area contributed by atoms with Gasteiger partial charge < -0.3 is 9.67 Å². The molecule has 1 aliphatic carbocycles. The third kappa shape index (κ3) is 2.56. The Bertz CT molecular complexity index is 1260. The first-order valence-electron chi connectivity index (χ1n) is 9.67. The molecule has 8 nitrogen and oxygen atoms in total. The number of rotatable bonds is 4. The summed E-state index contributed by atoms with van der Waals surface area (Å²) in [5.74, 6) is 1.54. The van der Waals surface area contributed by atoms with Gasteiger partial charge in [-0.3, -0.25) is 14.5 Å². The number of aromatic nitrogens is 6. The fourth-order valence-corrected chi connectivity index (χ4v) is 4.76. The molecule has 0 bridgehead atoms. The fourth-order valence-electron chi connectivity index (χ4n) is 4.76. The normalized spacial score (nSPS) is 21.4. The van der Waals surface area contributed by atoms with Crippen LogP contribution in [-0.2, 0) is 19.1 Å². The lowest BCUT2D eigenvalue weighted by atomic mass is 9.58. The Morgan fingerprint density at radius 3 is 2.86 bits per heavy atom. The van der Waals surface area contributed by atoms with E-state index in [-0.39, 0.29) is 17.6 Å². The maximum Gasteiger partial charge on any atom is 0.280 e. The number of aryl methyl sites for hydroxylation is 1. The number of fused-ring (bicyclic) bond motifs is 1. The van der Waals surface area contributed by atoms with Gasteiger partial charge in [-0.2, -0.15) is 5.10 Å². The summed E-state index contributed by atoms with van der Waals surface area (Å²) in [4.78, 5) is 13.0. The third-order valence-corrected chi connectivity index (χ3v) is 6.08. The van der Waals surface area contributed by atoms with E-state index in [1.807, 2.05) is 29.8 Å². The van der Waals surface area contributed by atoms with E-state index >= 15 is 0 Å². The van der Waals surface area contributed by atoms with Crippen LogP contribution in [0.4, 0.5) is 0 Å². The molecule has 1 saturated carbocycles. The maximum absolute atomic E-state index is 13.0. The predicted octanol–water partition coefficient (Wildman–Crippen LogP) is 2.05. The molecule has 29 heavy (non-hydrogen) atoms. The Labute approximate surface area is 166 Å². The minimum Gasteiger partial charge on any atom is -0.392 e. The molecule has 1 aromatic carbocycles. The highest BCUT2D eigenvalue weighted by Gasteiger charge is 2.48. The van der Waals surface area contributed by atoms with Crippen LogP contribution in [0.3, 0.4) is 0 Å². The number of benzene rings is 1. The average molecular weight is 390 g/mol. The van der Waals surface area contributed by atoms with E-state index in [0.29, 0.717) is 22.4 Å². The van der Waals surface area contributed by atoms with Crippen LogP contribution in [0.15, 0.2) is 47.8 Å². The highest BCUT2D eigenvalue weighted by atomic mass is 16.3. The van der Waals surface area contributed by atoms with Crippen molar-refractivity contribution in [3.8, 4) is 5.69 Å². The SMILES string of the molecule is Cn1cnnc1[C@]1(c2cccc(-n3cc(CO)c4cn[nH]c4c3=O)c2)C[C@H](C)C1. The zero-order valence-electron chi connectivity index (χ0n) is 16.3. The lowest BCUT2D eigenvalue weighted by Crippen LogP contribution is -2.43. The first-order chi connectivity index (χ1) is 14.0. The summed E-state index contributed by atoms with van der Waals surface area (Å²) in [7, 11) is 1.97. The average Bonchev–Trinajstić information content (AvgIpc) is 3.36. The molecule has 0 unspecified atom stereocenters. The fraction of sp³-hybridized carbons (Fsp3) is 0.333. The summed E-state index contributed by atoms with van der Waals surface area (Å²) in [6, 6.07) is 8.01. The molecular formula is C21H22N6O2. The van der Waals surface area contributed by atoms with Gasteiger partial charge in [-0.15, -0.1) is 10.2 Å². The summed E-state index contributed by atoms with van der Waals surface area (Å²) < 4.78 is 3.55. The largest absolute Gasteiger partial charge is 0.392 e. The second-order valence-corrected chi connectivity index (χ2v) is 8.06. The summed E-state index contributed by atoms with van der Waals surface area (Å²) in [5, 5.41) is 25.6. The van der Waals surface area contributed by atoms with Gasteiger partial charge in [0, 0.05) is 29.9 Å². The molecule has 1 aliphatic rings. The van der Waals surface area contributed by atoms with Crippen molar-refractivity contribution in [3.05, 3.63) is 70.3 Å². The minimum atomic E-state index is -0.206. The van der Waals surface area contributed by atoms with Crippen LogP contribution in [0.25, 0.3) is 16.6 Å². The van der Waals surface area contributed by atoms with Crippen LogP contribution in [0.2, 0.25) is 0 Å². The smallest absolute Gasteiger partial charge is 0.280 e. The lowest BCUT2D eigenvalue weighted by molar-refractivity contribution is 0.185. The third-order valence-electron chi connectivity index (χ3n) is 6.08. The predicted molar refractivity (Wildman–Crippen MR) is 108 cm³/mol. The Kier molecular flexibility index (Phi) is 3.92. The van der Waals surface area contributed by atoms with Gasteiger partial charge in [0.05, 0.1) is 18.2 Å². The molecule has 1 fully saturated rings. The summed E-state index contributed by atoms with van der Waals surface area (Å²) >= 11 is 0. The second-order valence-electron chi connectivity index (χ2n) is 8.06. The molecule has 3 heterocycles. The van der Waals surface area contributed by atoms with Crippen LogP contribution in [0.1, 0.15) is 36.7 Å². The molecule has 0 saturated heterocycles. The van der Waals surface area contributed by atoms with Gasteiger partial charge in [-0.1, -0.05) is 19.1 Å². The van der Waals surface area contributed by atoms with Gasteiger partial charge in [0.15, 0.2) is 0 Å². The molecule has 0 amide bonds. The van der Waals surface area contributed by atoms with Crippen molar-refractivity contribution in [1.29, 1.82) is 0 Å². The van der Waals surface area contributed by atoms with Gasteiger partial charge in [0.1, 0.15) is 17.7 Å². The van der Waals surface area contributed by atoms with E-state index in [4.69, 9.17) is 0 Å². The monoisotopic (exact) mass is 390 g/mol. The van der Waals surface area contributed by atoms with Crippen molar-refractivity contribution in [1.82, 2.24) is 29.5 Å². The van der Waals surface area contributed by atoms with Crippen LogP contribution >= 0.6 is 0 Å². The van der Waals surface area contributed by atoms with E-state index in [2.05, 4.69) is 33.4 Å². The van der Waals surface area contributed by atoms with Crippen molar-refractivity contribution >= 4 is 10.9 Å². The quantitative estimate of drug-likeness (QED) is 0.555. The molecule has 2 N–H and O–H groups in total. The Morgan fingerprint density at radius 2 is 2.17 bits per heavy atom. The second kappa shape index (κ2) is 6.38. The number of H-pyrrole nitrogens is 1. The van der Waals surface area contributed by atoms with Gasteiger partial charge in [0.25, 0.3) is 5.56 Å². The zero-order valence-corrected chi connectivity index (χ0v) is 16.3. The van der Waals surface area contributed by atoms with Crippen molar-refractivity contribution in [3.63, 3.8) is 0 Å². The summed E-state index contributed by atoms with van der Waals surface area (Å²) in [6.45, 7) is 2.07. The first kappa shape index (κ1) is 17.8. The highest BCUT2D eigenvalue weighted by molar-refractivity contribution is 5.80. The Hall–Kier alpha value is -3.26. The zero-order chi connectivity index (χ0) is 20.2. The molecule has 0 atom stereocenters. The Balaban J connectivity index is 1.68. The maximum atomic E-state index is 13.0. The van der Waals surface area contributed by atoms with Crippen molar-refractivity contribution in [2.75, 3.05) is 0 Å². The number of aliphatic hydroxyl groups excluding tert-OH is 1. The number of nitrogens with one attached hydrogen (secondary N) is 1. The molecule has 4 aromatic rings. The van der Waals surface area contributed by atoms with Crippen LogP contribution in [0.5, 0.6) is 0 Å². The summed E-state index contributed by atoms with van der Waals surface area (Å²) in [6.07, 6.45) is 6.96. The highest BCUT2D eigenvalue weighted by Crippen LogP contribution is 2.51. The summed E-state index contributed by atoms with van der Waals surface area (Å²) in [5.41, 5.74) is 2.51. The van der Waals surface area contributed by atoms with E-state index in [9.17, 15) is 9.90 Å². The van der Waals surface area contributed by atoms with Crippen molar-refractivity contribution in [2.45, 2.75) is 31.8 Å². The first-order valence-corrected chi connectivity index (χ1v) is 9.67. The van der Waals surface area contributed by atoms with Crippen molar-refractivity contribution in [2.24, 2.45) is 13.0 Å². The standard InChI is InChI=1S/C21H22N6O2/c1-13-7-21(8-13,20-25-23-12-26(20)2)15-4-3-5-16(6-15)27-10-14(11-28)17-9-22-24-18(17)19(27)29/h3-6,9-10,12-13,28H,7-8,11H2,1-2H3,(H,22,24)/t13-,21+. The number of hydrogen-bond acceptors (Lipinski definition) is 5. The van der Waals surface area contributed by atoms with Gasteiger partial charge in [-0.25, -0.2) is 0 Å². The number of pyridine rings is 1. The number of aliphatic hydroxyl groups is 1. The number of aromatic amines is 1. The minimum absolute atomic E-state index is 0.170.